The topological polar surface area (TPSA) is 69.0 Å². The Hall–Kier alpha value is -4.06. The van der Waals surface area contributed by atoms with E-state index in [4.69, 9.17) is 13.9 Å². The maximum atomic E-state index is 13.6. The lowest BCUT2D eigenvalue weighted by Gasteiger charge is -2.25. The van der Waals surface area contributed by atoms with E-state index in [1.54, 1.807) is 29.2 Å². The first-order chi connectivity index (χ1) is 16.1. The van der Waals surface area contributed by atoms with Crippen molar-refractivity contribution in [1.29, 1.82) is 0 Å². The molecule has 3 aromatic carbocycles. The summed E-state index contributed by atoms with van der Waals surface area (Å²) in [6, 6.07) is 21.1. The average Bonchev–Trinajstić information content (AvgIpc) is 3.13. The third-order valence-corrected chi connectivity index (χ3v) is 5.71. The maximum Gasteiger partial charge on any atom is 0.295 e. The highest BCUT2D eigenvalue weighted by Gasteiger charge is 2.43. The molecule has 1 atom stereocenters. The highest BCUT2D eigenvalue weighted by atomic mass is 16.5. The smallest absolute Gasteiger partial charge is 0.295 e. The molecule has 4 aromatic rings. The number of hydrogen-bond acceptors (Lipinski definition) is 5. The third kappa shape index (κ3) is 3.53. The van der Waals surface area contributed by atoms with Crippen molar-refractivity contribution in [3.8, 4) is 11.5 Å². The molecule has 0 fully saturated rings. The standard InChI is InChI=1S/C27H23NO5/c1-3-31-19-13-9-17(10-14-19)24-23-25(29)21-7-5-6-8-22(21)33-26(23)27(30)28(24)18-11-15-20(16-12-18)32-4-2/h5-16,24H,3-4H2,1-2H3. The van der Waals surface area contributed by atoms with Crippen LogP contribution in [0.15, 0.2) is 82.0 Å². The van der Waals surface area contributed by atoms with Crippen LogP contribution in [0.1, 0.15) is 41.6 Å². The zero-order valence-corrected chi connectivity index (χ0v) is 18.4. The van der Waals surface area contributed by atoms with Crippen molar-refractivity contribution in [3.63, 3.8) is 0 Å². The summed E-state index contributed by atoms with van der Waals surface area (Å²) < 4.78 is 17.1. The minimum Gasteiger partial charge on any atom is -0.494 e. The van der Waals surface area contributed by atoms with Crippen LogP contribution in [0.3, 0.4) is 0 Å². The Labute approximate surface area is 191 Å². The quantitative estimate of drug-likeness (QED) is 0.404. The Balaban J connectivity index is 1.70. The van der Waals surface area contributed by atoms with Crippen molar-refractivity contribution in [2.45, 2.75) is 19.9 Å². The van der Waals surface area contributed by atoms with E-state index in [0.29, 0.717) is 41.2 Å². The zero-order valence-electron chi connectivity index (χ0n) is 18.4. The molecule has 33 heavy (non-hydrogen) atoms. The molecule has 6 heteroatoms. The van der Waals surface area contributed by atoms with Crippen LogP contribution in [0.2, 0.25) is 0 Å². The number of anilines is 1. The summed E-state index contributed by atoms with van der Waals surface area (Å²) in [6.07, 6.45) is 0. The van der Waals surface area contributed by atoms with Gasteiger partial charge in [-0.05, 0) is 67.9 Å². The van der Waals surface area contributed by atoms with Gasteiger partial charge in [0.15, 0.2) is 5.43 Å². The third-order valence-electron chi connectivity index (χ3n) is 5.71. The first kappa shape index (κ1) is 20.8. The largest absolute Gasteiger partial charge is 0.494 e. The average molecular weight is 441 g/mol. The van der Waals surface area contributed by atoms with Gasteiger partial charge >= 0.3 is 0 Å². The molecule has 0 spiro atoms. The van der Waals surface area contributed by atoms with Crippen molar-refractivity contribution in [3.05, 3.63) is 99.9 Å². The molecule has 1 aliphatic rings. The number of carbonyl (C=O) groups is 1. The summed E-state index contributed by atoms with van der Waals surface area (Å²) in [5.41, 5.74) is 1.98. The van der Waals surface area contributed by atoms with Crippen LogP contribution in [0, 0.1) is 0 Å². The van der Waals surface area contributed by atoms with Gasteiger partial charge in [0.1, 0.15) is 17.1 Å². The molecule has 0 aliphatic carbocycles. The van der Waals surface area contributed by atoms with Crippen LogP contribution in [0.25, 0.3) is 11.0 Å². The van der Waals surface area contributed by atoms with E-state index in [1.165, 1.54) is 0 Å². The summed E-state index contributed by atoms with van der Waals surface area (Å²) >= 11 is 0. The Morgan fingerprint density at radius 2 is 1.42 bits per heavy atom. The van der Waals surface area contributed by atoms with Crippen LogP contribution in [-0.2, 0) is 0 Å². The Kier molecular flexibility index (Phi) is 5.34. The van der Waals surface area contributed by atoms with Gasteiger partial charge < -0.3 is 13.9 Å². The minimum atomic E-state index is -0.623. The lowest BCUT2D eigenvalue weighted by molar-refractivity contribution is 0.0971. The second-order valence-corrected chi connectivity index (χ2v) is 7.68. The number of ether oxygens (including phenoxy) is 2. The molecule has 6 nitrogen and oxygen atoms in total. The van der Waals surface area contributed by atoms with Gasteiger partial charge in [-0.2, -0.15) is 0 Å². The maximum absolute atomic E-state index is 13.6. The molecule has 0 bridgehead atoms. The van der Waals surface area contributed by atoms with Crippen LogP contribution < -0.4 is 19.8 Å². The molecular formula is C27H23NO5. The molecule has 5 rings (SSSR count). The van der Waals surface area contributed by atoms with Gasteiger partial charge in [0.25, 0.3) is 5.91 Å². The van der Waals surface area contributed by atoms with Crippen molar-refractivity contribution in [1.82, 2.24) is 0 Å². The second kappa shape index (κ2) is 8.47. The normalized spacial score (nSPS) is 15.0. The number of carbonyl (C=O) groups excluding carboxylic acids is 1. The Morgan fingerprint density at radius 1 is 0.818 bits per heavy atom. The summed E-state index contributed by atoms with van der Waals surface area (Å²) in [7, 11) is 0. The SMILES string of the molecule is CCOc1ccc(C2c3c(oc4ccccc4c3=O)C(=O)N2c2ccc(OCC)cc2)cc1. The first-order valence-corrected chi connectivity index (χ1v) is 11.0. The highest BCUT2D eigenvalue weighted by Crippen LogP contribution is 2.41. The Bertz CT molecular complexity index is 1370. The number of hydrogen-bond donors (Lipinski definition) is 0. The minimum absolute atomic E-state index is 0.0754. The van der Waals surface area contributed by atoms with Gasteiger partial charge in [0, 0.05) is 5.69 Å². The van der Waals surface area contributed by atoms with E-state index < -0.39 is 6.04 Å². The molecule has 1 unspecified atom stereocenters. The van der Waals surface area contributed by atoms with Crippen molar-refractivity contribution >= 4 is 22.6 Å². The second-order valence-electron chi connectivity index (χ2n) is 7.68. The number of rotatable bonds is 6. The summed E-state index contributed by atoms with van der Waals surface area (Å²) in [5, 5.41) is 0.452. The van der Waals surface area contributed by atoms with Crippen molar-refractivity contribution < 1.29 is 18.7 Å². The fourth-order valence-corrected chi connectivity index (χ4v) is 4.28. The molecule has 0 saturated carbocycles. The number of fused-ring (bicyclic) bond motifs is 2. The lowest BCUT2D eigenvalue weighted by Crippen LogP contribution is -2.29. The van der Waals surface area contributed by atoms with Gasteiger partial charge in [-0.15, -0.1) is 0 Å². The van der Waals surface area contributed by atoms with Crippen LogP contribution in [0.4, 0.5) is 5.69 Å². The Morgan fingerprint density at radius 3 is 2.06 bits per heavy atom. The van der Waals surface area contributed by atoms with E-state index in [9.17, 15) is 9.59 Å². The van der Waals surface area contributed by atoms with Gasteiger partial charge in [-0.25, -0.2) is 0 Å². The molecule has 1 amide bonds. The van der Waals surface area contributed by atoms with Gasteiger partial charge in [0.2, 0.25) is 5.76 Å². The number of benzene rings is 3. The van der Waals surface area contributed by atoms with Crippen molar-refractivity contribution in [2.75, 3.05) is 18.1 Å². The molecule has 1 aromatic heterocycles. The van der Waals surface area contributed by atoms with E-state index in [0.717, 1.165) is 11.3 Å². The van der Waals surface area contributed by atoms with E-state index in [-0.39, 0.29) is 17.1 Å². The molecular weight excluding hydrogens is 418 g/mol. The fraction of sp³-hybridized carbons (Fsp3) is 0.185. The first-order valence-electron chi connectivity index (χ1n) is 11.0. The van der Waals surface area contributed by atoms with Gasteiger partial charge in [0.05, 0.1) is 30.2 Å². The monoisotopic (exact) mass is 441 g/mol. The predicted molar refractivity (Wildman–Crippen MR) is 126 cm³/mol. The molecule has 1 aliphatic heterocycles. The molecule has 0 saturated heterocycles. The number of para-hydroxylation sites is 1. The molecule has 2 heterocycles. The number of nitrogens with zero attached hydrogens (tertiary/aromatic N) is 1. The van der Waals surface area contributed by atoms with E-state index in [1.807, 2.05) is 62.4 Å². The van der Waals surface area contributed by atoms with Crippen LogP contribution in [-0.4, -0.2) is 19.1 Å². The zero-order chi connectivity index (χ0) is 22.9. The lowest BCUT2D eigenvalue weighted by atomic mass is 9.98. The molecule has 0 N–H and O–H groups in total. The fourth-order valence-electron chi connectivity index (χ4n) is 4.28. The van der Waals surface area contributed by atoms with Crippen molar-refractivity contribution in [2.24, 2.45) is 0 Å². The van der Waals surface area contributed by atoms with Crippen LogP contribution >= 0.6 is 0 Å². The predicted octanol–water partition coefficient (Wildman–Crippen LogP) is 5.34. The van der Waals surface area contributed by atoms with Crippen LogP contribution in [0.5, 0.6) is 11.5 Å². The van der Waals surface area contributed by atoms with Gasteiger partial charge in [-0.3, -0.25) is 14.5 Å². The summed E-state index contributed by atoms with van der Waals surface area (Å²) in [4.78, 5) is 28.8. The summed E-state index contributed by atoms with van der Waals surface area (Å²) in [6.45, 7) is 4.94. The van der Waals surface area contributed by atoms with Gasteiger partial charge in [-0.1, -0.05) is 24.3 Å². The van der Waals surface area contributed by atoms with E-state index in [2.05, 4.69) is 0 Å². The van der Waals surface area contributed by atoms with E-state index >= 15 is 0 Å². The molecule has 166 valence electrons. The molecule has 0 radical (unpaired) electrons. The highest BCUT2D eigenvalue weighted by molar-refractivity contribution is 6.10. The number of amides is 1. The summed E-state index contributed by atoms with van der Waals surface area (Å²) in [5.74, 6) is 1.16.